The van der Waals surface area contributed by atoms with Crippen molar-refractivity contribution in [3.8, 4) is 5.75 Å². The van der Waals surface area contributed by atoms with Gasteiger partial charge < -0.3 is 10.1 Å². The summed E-state index contributed by atoms with van der Waals surface area (Å²) in [5.41, 5.74) is 3.31. The Bertz CT molecular complexity index is 617. The summed E-state index contributed by atoms with van der Waals surface area (Å²) in [7, 11) is 0. The second-order valence-electron chi connectivity index (χ2n) is 5.55. The first-order chi connectivity index (χ1) is 11.2. The smallest absolute Gasteiger partial charge is 0.265 e. The minimum Gasteiger partial charge on any atom is -0.481 e. The second kappa shape index (κ2) is 8.37. The fourth-order valence-electron chi connectivity index (χ4n) is 2.34. The van der Waals surface area contributed by atoms with Crippen molar-refractivity contribution in [2.75, 3.05) is 5.32 Å². The summed E-state index contributed by atoms with van der Waals surface area (Å²) in [6, 6.07) is 15.8. The molecule has 0 aliphatic carbocycles. The number of ether oxygens (including phenoxy) is 1. The zero-order valence-electron chi connectivity index (χ0n) is 14.1. The van der Waals surface area contributed by atoms with Crippen LogP contribution >= 0.6 is 0 Å². The highest BCUT2D eigenvalue weighted by Crippen LogP contribution is 2.17. The maximum Gasteiger partial charge on any atom is 0.265 e. The SMILES string of the molecule is CCc1ccc(NC(=O)[C@H](CC)Oc2ccc(CC)cc2)cc1. The predicted octanol–water partition coefficient (Wildman–Crippen LogP) is 4.61. The normalized spacial score (nSPS) is 11.8. The maximum absolute atomic E-state index is 12.4. The van der Waals surface area contributed by atoms with E-state index in [-0.39, 0.29) is 5.91 Å². The van der Waals surface area contributed by atoms with Crippen molar-refractivity contribution in [1.29, 1.82) is 0 Å². The summed E-state index contributed by atoms with van der Waals surface area (Å²) in [5.74, 6) is 0.613. The van der Waals surface area contributed by atoms with Crippen LogP contribution in [0, 0.1) is 0 Å². The van der Waals surface area contributed by atoms with Crippen LogP contribution < -0.4 is 10.1 Å². The molecule has 2 aromatic rings. The molecule has 0 radical (unpaired) electrons. The van der Waals surface area contributed by atoms with Gasteiger partial charge in [0.15, 0.2) is 6.10 Å². The summed E-state index contributed by atoms with van der Waals surface area (Å²) in [5, 5.41) is 2.92. The molecule has 0 fully saturated rings. The van der Waals surface area contributed by atoms with Gasteiger partial charge in [0.25, 0.3) is 5.91 Å². The molecule has 1 atom stereocenters. The standard InChI is InChI=1S/C20H25NO2/c1-4-15-7-11-17(12-8-15)21-20(22)19(6-3)23-18-13-9-16(5-2)10-14-18/h7-14,19H,4-6H2,1-3H3,(H,21,22)/t19-/m0/s1. The number of aryl methyl sites for hydroxylation is 2. The van der Waals surface area contributed by atoms with E-state index in [2.05, 4.69) is 19.2 Å². The Labute approximate surface area is 138 Å². The van der Waals surface area contributed by atoms with Crippen molar-refractivity contribution < 1.29 is 9.53 Å². The summed E-state index contributed by atoms with van der Waals surface area (Å²) in [6.07, 6.45) is 2.11. The lowest BCUT2D eigenvalue weighted by molar-refractivity contribution is -0.122. The van der Waals surface area contributed by atoms with Crippen LogP contribution in [0.15, 0.2) is 48.5 Å². The molecule has 0 saturated heterocycles. The highest BCUT2D eigenvalue weighted by atomic mass is 16.5. The fraction of sp³-hybridized carbons (Fsp3) is 0.350. The summed E-state index contributed by atoms with van der Waals surface area (Å²) in [4.78, 5) is 12.4. The van der Waals surface area contributed by atoms with Gasteiger partial charge in [0.2, 0.25) is 0 Å². The Balaban J connectivity index is 1.99. The zero-order valence-corrected chi connectivity index (χ0v) is 14.1. The molecule has 3 nitrogen and oxygen atoms in total. The van der Waals surface area contributed by atoms with Crippen molar-refractivity contribution in [3.63, 3.8) is 0 Å². The number of benzene rings is 2. The number of carbonyl (C=O) groups excluding carboxylic acids is 1. The Kier molecular flexibility index (Phi) is 6.21. The molecule has 0 saturated carbocycles. The Hall–Kier alpha value is -2.29. The maximum atomic E-state index is 12.4. The molecule has 3 heteroatoms. The van der Waals surface area contributed by atoms with Gasteiger partial charge in [0.05, 0.1) is 0 Å². The van der Waals surface area contributed by atoms with Gasteiger partial charge in [-0.15, -0.1) is 0 Å². The Morgan fingerprint density at radius 1 is 0.913 bits per heavy atom. The number of nitrogens with one attached hydrogen (secondary N) is 1. The first-order valence-corrected chi connectivity index (χ1v) is 8.31. The minimum absolute atomic E-state index is 0.115. The third-order valence-electron chi connectivity index (χ3n) is 3.90. The van der Waals surface area contributed by atoms with Gasteiger partial charge in [-0.1, -0.05) is 45.0 Å². The zero-order chi connectivity index (χ0) is 16.7. The van der Waals surface area contributed by atoms with Crippen LogP contribution in [0.3, 0.4) is 0 Å². The number of carbonyl (C=O) groups is 1. The summed E-state index contributed by atoms with van der Waals surface area (Å²) >= 11 is 0. The topological polar surface area (TPSA) is 38.3 Å². The monoisotopic (exact) mass is 311 g/mol. The highest BCUT2D eigenvalue weighted by molar-refractivity contribution is 5.94. The van der Waals surface area contributed by atoms with Crippen LogP contribution in [0.2, 0.25) is 0 Å². The van der Waals surface area contributed by atoms with Gasteiger partial charge in [-0.05, 0) is 54.7 Å². The molecule has 2 rings (SSSR count). The van der Waals surface area contributed by atoms with Crippen molar-refractivity contribution in [2.45, 2.75) is 46.1 Å². The average molecular weight is 311 g/mol. The lowest BCUT2D eigenvalue weighted by atomic mass is 10.1. The molecule has 0 aliphatic rings. The van der Waals surface area contributed by atoms with Crippen LogP contribution in [0.4, 0.5) is 5.69 Å². The molecular formula is C20H25NO2. The van der Waals surface area contributed by atoms with Crippen LogP contribution in [0.5, 0.6) is 5.75 Å². The lowest BCUT2D eigenvalue weighted by Gasteiger charge is -2.17. The van der Waals surface area contributed by atoms with Crippen LogP contribution in [0.25, 0.3) is 0 Å². The number of rotatable bonds is 7. The van der Waals surface area contributed by atoms with Crippen LogP contribution in [-0.2, 0) is 17.6 Å². The highest BCUT2D eigenvalue weighted by Gasteiger charge is 2.18. The first-order valence-electron chi connectivity index (χ1n) is 8.31. The average Bonchev–Trinajstić information content (AvgIpc) is 2.60. The van der Waals surface area contributed by atoms with E-state index in [1.54, 1.807) is 0 Å². The number of anilines is 1. The van der Waals surface area contributed by atoms with Gasteiger partial charge in [-0.2, -0.15) is 0 Å². The van der Waals surface area contributed by atoms with E-state index < -0.39 is 6.10 Å². The molecule has 0 unspecified atom stereocenters. The van der Waals surface area contributed by atoms with Crippen LogP contribution in [0.1, 0.15) is 38.3 Å². The minimum atomic E-state index is -0.492. The molecule has 2 aromatic carbocycles. The first kappa shape index (κ1) is 17.1. The molecule has 0 bridgehead atoms. The second-order valence-corrected chi connectivity index (χ2v) is 5.55. The fourth-order valence-corrected chi connectivity index (χ4v) is 2.34. The van der Waals surface area contributed by atoms with E-state index >= 15 is 0 Å². The van der Waals surface area contributed by atoms with Crippen molar-refractivity contribution in [3.05, 3.63) is 59.7 Å². The van der Waals surface area contributed by atoms with Gasteiger partial charge in [0.1, 0.15) is 5.75 Å². The third-order valence-corrected chi connectivity index (χ3v) is 3.90. The molecule has 0 heterocycles. The Morgan fingerprint density at radius 2 is 1.43 bits per heavy atom. The predicted molar refractivity (Wildman–Crippen MR) is 95.0 cm³/mol. The van der Waals surface area contributed by atoms with E-state index in [0.29, 0.717) is 6.42 Å². The third kappa shape index (κ3) is 4.85. The van der Waals surface area contributed by atoms with Crippen molar-refractivity contribution >= 4 is 11.6 Å². The molecule has 0 spiro atoms. The van der Waals surface area contributed by atoms with Crippen molar-refractivity contribution in [2.24, 2.45) is 0 Å². The van der Waals surface area contributed by atoms with E-state index in [1.165, 1.54) is 11.1 Å². The Morgan fingerprint density at radius 3 is 1.91 bits per heavy atom. The van der Waals surface area contributed by atoms with Gasteiger partial charge in [0, 0.05) is 5.69 Å². The largest absolute Gasteiger partial charge is 0.481 e. The van der Waals surface area contributed by atoms with E-state index in [9.17, 15) is 4.79 Å². The lowest BCUT2D eigenvalue weighted by Crippen LogP contribution is -2.32. The molecular weight excluding hydrogens is 286 g/mol. The molecule has 122 valence electrons. The summed E-state index contributed by atoms with van der Waals surface area (Å²) in [6.45, 7) is 6.17. The van der Waals surface area contributed by atoms with E-state index in [1.807, 2.05) is 55.5 Å². The van der Waals surface area contributed by atoms with Crippen LogP contribution in [-0.4, -0.2) is 12.0 Å². The molecule has 1 N–H and O–H groups in total. The number of hydrogen-bond acceptors (Lipinski definition) is 2. The van der Waals surface area contributed by atoms with Gasteiger partial charge in [-0.3, -0.25) is 4.79 Å². The summed E-state index contributed by atoms with van der Waals surface area (Å²) < 4.78 is 5.83. The van der Waals surface area contributed by atoms with Crippen molar-refractivity contribution in [1.82, 2.24) is 0 Å². The van der Waals surface area contributed by atoms with E-state index in [4.69, 9.17) is 4.74 Å². The molecule has 23 heavy (non-hydrogen) atoms. The number of amides is 1. The molecule has 1 amide bonds. The molecule has 0 aromatic heterocycles. The molecule has 0 aliphatic heterocycles. The van der Waals surface area contributed by atoms with E-state index in [0.717, 1.165) is 24.3 Å². The van der Waals surface area contributed by atoms with Gasteiger partial charge >= 0.3 is 0 Å². The van der Waals surface area contributed by atoms with Gasteiger partial charge in [-0.25, -0.2) is 0 Å². The number of hydrogen-bond donors (Lipinski definition) is 1. The quantitative estimate of drug-likeness (QED) is 0.811.